The van der Waals surface area contributed by atoms with Gasteiger partial charge in [0.2, 0.25) is 5.91 Å². The van der Waals surface area contributed by atoms with Crippen molar-refractivity contribution in [2.24, 2.45) is 5.92 Å². The normalized spacial score (nSPS) is 19.1. The minimum absolute atomic E-state index is 0.00328. The number of para-hydroxylation sites is 1. The van der Waals surface area contributed by atoms with Crippen LogP contribution in [0.5, 0.6) is 5.75 Å². The molecule has 1 aliphatic rings. The van der Waals surface area contributed by atoms with Crippen molar-refractivity contribution in [1.29, 1.82) is 0 Å². The Morgan fingerprint density at radius 2 is 1.85 bits per heavy atom. The molecule has 0 aromatic heterocycles. The summed E-state index contributed by atoms with van der Waals surface area (Å²) in [7, 11) is 1.61. The Balaban J connectivity index is 1.50. The van der Waals surface area contributed by atoms with Gasteiger partial charge >= 0.3 is 6.18 Å². The van der Waals surface area contributed by atoms with Crippen molar-refractivity contribution >= 4 is 5.91 Å². The number of carbonyl (C=O) groups excluding carboxylic acids is 1. The summed E-state index contributed by atoms with van der Waals surface area (Å²) >= 11 is 0. The molecule has 1 aliphatic carbocycles. The first kappa shape index (κ1) is 18.3. The average molecular weight is 363 g/mol. The fourth-order valence-electron chi connectivity index (χ4n) is 3.13. The number of ether oxygens (including phenoxy) is 1. The molecule has 0 radical (unpaired) electrons. The summed E-state index contributed by atoms with van der Waals surface area (Å²) in [5.74, 6) is 0.577. The zero-order valence-corrected chi connectivity index (χ0v) is 14.3. The molecule has 26 heavy (non-hydrogen) atoms. The molecule has 2 aromatic rings. The van der Waals surface area contributed by atoms with Crippen LogP contribution in [0.3, 0.4) is 0 Å². The molecule has 0 saturated heterocycles. The summed E-state index contributed by atoms with van der Waals surface area (Å²) in [5.41, 5.74) is 1.13. The fourth-order valence-corrected chi connectivity index (χ4v) is 3.13. The van der Waals surface area contributed by atoms with E-state index in [1.54, 1.807) is 7.11 Å². The van der Waals surface area contributed by atoms with Gasteiger partial charge in [-0.2, -0.15) is 13.2 Å². The number of methoxy groups -OCH3 is 1. The number of carbonyl (C=O) groups is 1. The molecule has 3 nitrogen and oxygen atoms in total. The van der Waals surface area contributed by atoms with Gasteiger partial charge in [-0.1, -0.05) is 30.3 Å². The second kappa shape index (κ2) is 7.40. The quantitative estimate of drug-likeness (QED) is 0.836. The molecule has 0 heterocycles. The molecule has 2 atom stereocenters. The maximum atomic E-state index is 12.6. The standard InChI is InChI=1S/C20H20F3NO2/c1-26-18-5-3-2-4-14(18)10-11-24-19(25)17-12-16(17)13-6-8-15(9-7-13)20(21,22)23/h2-9,16-17H,10-12H2,1H3,(H,24,25). The van der Waals surface area contributed by atoms with Crippen molar-refractivity contribution in [2.75, 3.05) is 13.7 Å². The van der Waals surface area contributed by atoms with Gasteiger partial charge in [0.25, 0.3) is 0 Å². The van der Waals surface area contributed by atoms with Crippen molar-refractivity contribution in [2.45, 2.75) is 24.9 Å². The first-order chi connectivity index (χ1) is 12.4. The van der Waals surface area contributed by atoms with Crippen LogP contribution in [0.25, 0.3) is 0 Å². The van der Waals surface area contributed by atoms with E-state index in [2.05, 4.69) is 5.32 Å². The summed E-state index contributed by atoms with van der Waals surface area (Å²) in [6.45, 7) is 0.495. The van der Waals surface area contributed by atoms with E-state index in [-0.39, 0.29) is 17.7 Å². The van der Waals surface area contributed by atoms with Gasteiger partial charge in [-0.3, -0.25) is 4.79 Å². The van der Waals surface area contributed by atoms with Gasteiger partial charge in [-0.25, -0.2) is 0 Å². The Morgan fingerprint density at radius 3 is 2.50 bits per heavy atom. The highest BCUT2D eigenvalue weighted by Crippen LogP contribution is 2.47. The highest BCUT2D eigenvalue weighted by molar-refractivity contribution is 5.82. The van der Waals surface area contributed by atoms with Gasteiger partial charge in [0, 0.05) is 12.5 Å². The summed E-state index contributed by atoms with van der Waals surface area (Å²) in [6, 6.07) is 12.7. The summed E-state index contributed by atoms with van der Waals surface area (Å²) in [5, 5.41) is 2.91. The number of rotatable bonds is 6. The van der Waals surface area contributed by atoms with Crippen LogP contribution in [0.2, 0.25) is 0 Å². The van der Waals surface area contributed by atoms with E-state index in [1.165, 1.54) is 12.1 Å². The van der Waals surface area contributed by atoms with Crippen molar-refractivity contribution in [3.63, 3.8) is 0 Å². The topological polar surface area (TPSA) is 38.3 Å². The third-order valence-electron chi connectivity index (χ3n) is 4.68. The van der Waals surface area contributed by atoms with Gasteiger partial charge < -0.3 is 10.1 Å². The first-order valence-electron chi connectivity index (χ1n) is 8.47. The second-order valence-electron chi connectivity index (χ2n) is 6.42. The number of halogens is 3. The van der Waals surface area contributed by atoms with Crippen LogP contribution in [0.1, 0.15) is 29.0 Å². The van der Waals surface area contributed by atoms with Gasteiger partial charge in [0.15, 0.2) is 0 Å². The molecule has 0 bridgehead atoms. The molecule has 1 saturated carbocycles. The van der Waals surface area contributed by atoms with Crippen LogP contribution >= 0.6 is 0 Å². The lowest BCUT2D eigenvalue weighted by Gasteiger charge is -2.09. The third kappa shape index (κ3) is 4.18. The molecule has 1 fully saturated rings. The summed E-state index contributed by atoms with van der Waals surface area (Å²) in [4.78, 5) is 12.2. The number of benzene rings is 2. The highest BCUT2D eigenvalue weighted by Gasteiger charge is 2.44. The molecular weight excluding hydrogens is 343 g/mol. The van der Waals surface area contributed by atoms with E-state index >= 15 is 0 Å². The molecule has 3 rings (SSSR count). The van der Waals surface area contributed by atoms with Crippen molar-refractivity contribution in [3.05, 3.63) is 65.2 Å². The molecule has 6 heteroatoms. The van der Waals surface area contributed by atoms with Crippen LogP contribution in [0.4, 0.5) is 13.2 Å². The lowest BCUT2D eigenvalue weighted by molar-refractivity contribution is -0.137. The Hall–Kier alpha value is -2.50. The van der Waals surface area contributed by atoms with Crippen LogP contribution < -0.4 is 10.1 Å². The SMILES string of the molecule is COc1ccccc1CCNC(=O)C1CC1c1ccc(C(F)(F)F)cc1. The first-order valence-corrected chi connectivity index (χ1v) is 8.47. The summed E-state index contributed by atoms with van der Waals surface area (Å²) < 4.78 is 43.1. The minimum Gasteiger partial charge on any atom is -0.496 e. The van der Waals surface area contributed by atoms with Gasteiger partial charge in [-0.15, -0.1) is 0 Å². The Labute approximate surface area is 150 Å². The molecule has 1 N–H and O–H groups in total. The Morgan fingerprint density at radius 1 is 1.15 bits per heavy atom. The lowest BCUT2D eigenvalue weighted by atomic mass is 10.1. The monoisotopic (exact) mass is 363 g/mol. The van der Waals surface area contributed by atoms with E-state index in [1.807, 2.05) is 24.3 Å². The lowest BCUT2D eigenvalue weighted by Crippen LogP contribution is -2.27. The van der Waals surface area contributed by atoms with Crippen LogP contribution in [0, 0.1) is 5.92 Å². The molecule has 2 aromatic carbocycles. The highest BCUT2D eigenvalue weighted by atomic mass is 19.4. The number of amides is 1. The largest absolute Gasteiger partial charge is 0.496 e. The zero-order chi connectivity index (χ0) is 18.7. The predicted molar refractivity (Wildman–Crippen MR) is 92.0 cm³/mol. The van der Waals surface area contributed by atoms with E-state index in [4.69, 9.17) is 4.74 Å². The molecule has 0 spiro atoms. The van der Waals surface area contributed by atoms with Crippen LogP contribution in [0.15, 0.2) is 48.5 Å². The minimum atomic E-state index is -4.34. The Bertz CT molecular complexity index is 771. The Kier molecular flexibility index (Phi) is 5.20. The zero-order valence-electron chi connectivity index (χ0n) is 14.3. The maximum absolute atomic E-state index is 12.6. The molecule has 0 aliphatic heterocycles. The second-order valence-corrected chi connectivity index (χ2v) is 6.42. The van der Waals surface area contributed by atoms with E-state index in [0.29, 0.717) is 19.4 Å². The molecule has 2 unspecified atom stereocenters. The number of alkyl halides is 3. The number of nitrogens with one attached hydrogen (secondary N) is 1. The number of hydrogen-bond acceptors (Lipinski definition) is 2. The van der Waals surface area contributed by atoms with Crippen molar-refractivity contribution in [3.8, 4) is 5.75 Å². The number of hydrogen-bond donors (Lipinski definition) is 1. The maximum Gasteiger partial charge on any atom is 0.416 e. The van der Waals surface area contributed by atoms with E-state index in [0.717, 1.165) is 29.0 Å². The van der Waals surface area contributed by atoms with Gasteiger partial charge in [0.1, 0.15) is 5.75 Å². The molecular formula is C20H20F3NO2. The van der Waals surface area contributed by atoms with E-state index < -0.39 is 11.7 Å². The van der Waals surface area contributed by atoms with Crippen molar-refractivity contribution in [1.82, 2.24) is 5.32 Å². The summed E-state index contributed by atoms with van der Waals surface area (Å²) in [6.07, 6.45) is -3.00. The van der Waals surface area contributed by atoms with E-state index in [9.17, 15) is 18.0 Å². The van der Waals surface area contributed by atoms with Gasteiger partial charge in [-0.05, 0) is 48.1 Å². The predicted octanol–water partition coefficient (Wildman–Crippen LogP) is 4.18. The fraction of sp³-hybridized carbons (Fsp3) is 0.350. The van der Waals surface area contributed by atoms with Crippen LogP contribution in [-0.2, 0) is 17.4 Å². The molecule has 138 valence electrons. The third-order valence-corrected chi connectivity index (χ3v) is 4.68. The van der Waals surface area contributed by atoms with Gasteiger partial charge in [0.05, 0.1) is 12.7 Å². The van der Waals surface area contributed by atoms with Crippen LogP contribution in [-0.4, -0.2) is 19.6 Å². The molecule has 1 amide bonds. The van der Waals surface area contributed by atoms with Crippen molar-refractivity contribution < 1.29 is 22.7 Å². The smallest absolute Gasteiger partial charge is 0.416 e. The average Bonchev–Trinajstić information content (AvgIpc) is 3.42.